The molecule has 0 aliphatic carbocycles. The van der Waals surface area contributed by atoms with Crippen LogP contribution in [0.3, 0.4) is 0 Å². The summed E-state index contributed by atoms with van der Waals surface area (Å²) in [6, 6.07) is 4.07. The van der Waals surface area contributed by atoms with Crippen molar-refractivity contribution in [1.29, 1.82) is 0 Å². The van der Waals surface area contributed by atoms with Crippen LogP contribution in [-0.4, -0.2) is 26.3 Å². The van der Waals surface area contributed by atoms with Crippen LogP contribution in [0.25, 0.3) is 11.0 Å². The van der Waals surface area contributed by atoms with E-state index in [0.29, 0.717) is 0 Å². The molecule has 2 rings (SSSR count). The monoisotopic (exact) mass is 270 g/mol. The van der Waals surface area contributed by atoms with Crippen molar-refractivity contribution < 1.29 is 0 Å². The number of halogens is 1. The molecule has 0 amide bonds. The minimum atomic E-state index is 0.960. The van der Waals surface area contributed by atoms with Crippen molar-refractivity contribution in [3.63, 3.8) is 0 Å². The number of hydrogen-bond donors (Lipinski definition) is 1. The molecule has 0 aliphatic heterocycles. The van der Waals surface area contributed by atoms with Crippen molar-refractivity contribution in [2.75, 3.05) is 0 Å². The molecule has 0 bridgehead atoms. The lowest BCUT2D eigenvalue weighted by Gasteiger charge is -1.92. The lowest BCUT2D eigenvalue weighted by atomic mass is 10.3. The van der Waals surface area contributed by atoms with E-state index < -0.39 is 0 Å². The first-order valence-electron chi connectivity index (χ1n) is 3.16. The molecule has 0 spiro atoms. The van der Waals surface area contributed by atoms with Crippen LogP contribution >= 0.6 is 22.6 Å². The van der Waals surface area contributed by atoms with Crippen molar-refractivity contribution in [3.8, 4) is 0 Å². The predicted molar refractivity (Wildman–Crippen MR) is 54.2 cm³/mol. The SMILES string of the molecule is [Al][c]1ccnc2[nH]c(I)cc12. The fraction of sp³-hybridized carbons (Fsp3) is 0. The van der Waals surface area contributed by atoms with Crippen LogP contribution < -0.4 is 4.43 Å². The number of fused-ring (bicyclic) bond motifs is 1. The highest BCUT2D eigenvalue weighted by molar-refractivity contribution is 14.1. The summed E-state index contributed by atoms with van der Waals surface area (Å²) in [4.78, 5) is 7.35. The highest BCUT2D eigenvalue weighted by Crippen LogP contribution is 2.11. The first-order valence-corrected chi connectivity index (χ1v) is 4.81. The van der Waals surface area contributed by atoms with E-state index in [1.54, 1.807) is 6.20 Å². The van der Waals surface area contributed by atoms with E-state index in [2.05, 4.69) is 54.9 Å². The van der Waals surface area contributed by atoms with Gasteiger partial charge < -0.3 is 4.98 Å². The van der Waals surface area contributed by atoms with E-state index >= 15 is 0 Å². The van der Waals surface area contributed by atoms with Gasteiger partial charge in [-0.05, 0) is 28.7 Å². The van der Waals surface area contributed by atoms with Gasteiger partial charge in [-0.15, -0.1) is 4.43 Å². The molecule has 2 heterocycles. The molecule has 1 N–H and O–H groups in total. The Morgan fingerprint density at radius 1 is 1.55 bits per heavy atom. The zero-order valence-electron chi connectivity index (χ0n) is 5.63. The van der Waals surface area contributed by atoms with Crippen LogP contribution in [0.2, 0.25) is 0 Å². The molecule has 2 aromatic rings. The second kappa shape index (κ2) is 2.78. The molecular weight excluding hydrogens is 266 g/mol. The molecule has 52 valence electrons. The van der Waals surface area contributed by atoms with Gasteiger partial charge in [-0.2, -0.15) is 0 Å². The van der Waals surface area contributed by atoms with Gasteiger partial charge in [0.15, 0.2) is 16.3 Å². The summed E-state index contributed by atoms with van der Waals surface area (Å²) in [5, 5.41) is 1.18. The molecule has 0 fully saturated rings. The first kappa shape index (κ1) is 7.59. The van der Waals surface area contributed by atoms with E-state index in [-0.39, 0.29) is 0 Å². The molecule has 2 nitrogen and oxygen atoms in total. The van der Waals surface area contributed by atoms with Gasteiger partial charge in [0.1, 0.15) is 5.65 Å². The molecule has 2 radical (unpaired) electrons. The molecule has 11 heavy (non-hydrogen) atoms. The molecule has 0 atom stereocenters. The zero-order chi connectivity index (χ0) is 7.84. The third-order valence-electron chi connectivity index (χ3n) is 1.53. The van der Waals surface area contributed by atoms with Gasteiger partial charge in [0.25, 0.3) is 0 Å². The van der Waals surface area contributed by atoms with Crippen LogP contribution in [0.4, 0.5) is 0 Å². The normalized spacial score (nSPS) is 10.6. The number of rotatable bonds is 0. The number of hydrogen-bond acceptors (Lipinski definition) is 1. The first-order chi connectivity index (χ1) is 5.27. The summed E-state index contributed by atoms with van der Waals surface area (Å²) in [6.45, 7) is 0. The van der Waals surface area contributed by atoms with Gasteiger partial charge in [-0.3, -0.25) is 0 Å². The molecule has 0 unspecified atom stereocenters. The lowest BCUT2D eigenvalue weighted by molar-refractivity contribution is 1.30. The Labute approximate surface area is 86.0 Å². The summed E-state index contributed by atoms with van der Waals surface area (Å²) >= 11 is 4.94. The molecule has 0 saturated carbocycles. The Morgan fingerprint density at radius 3 is 3.09 bits per heavy atom. The van der Waals surface area contributed by atoms with Crippen LogP contribution in [0.15, 0.2) is 18.3 Å². The van der Waals surface area contributed by atoms with E-state index in [9.17, 15) is 0 Å². The molecule has 0 aromatic carbocycles. The Balaban J connectivity index is 2.90. The maximum absolute atomic E-state index is 4.19. The second-order valence-electron chi connectivity index (χ2n) is 2.28. The summed E-state index contributed by atoms with van der Waals surface area (Å²) in [5.74, 6) is 0. The van der Waals surface area contributed by atoms with Crippen LogP contribution in [-0.2, 0) is 0 Å². The van der Waals surface area contributed by atoms with Crippen molar-refractivity contribution in [1.82, 2.24) is 9.97 Å². The topological polar surface area (TPSA) is 28.7 Å². The molecule has 0 aliphatic rings. The lowest BCUT2D eigenvalue weighted by Crippen LogP contribution is -2.02. The fourth-order valence-electron chi connectivity index (χ4n) is 1.02. The van der Waals surface area contributed by atoms with Gasteiger partial charge in [0.2, 0.25) is 0 Å². The Bertz CT molecular complexity index is 396. The Hall–Kier alpha value is -0.0475. The Morgan fingerprint density at radius 2 is 2.36 bits per heavy atom. The maximum atomic E-state index is 4.19. The van der Waals surface area contributed by atoms with Gasteiger partial charge in [0, 0.05) is 11.6 Å². The number of pyridine rings is 1. The number of aromatic nitrogens is 2. The number of H-pyrrole nitrogens is 1. The summed E-state index contributed by atoms with van der Waals surface area (Å²) < 4.78 is 2.31. The minimum absolute atomic E-state index is 0.960. The van der Waals surface area contributed by atoms with Gasteiger partial charge >= 0.3 is 0 Å². The number of nitrogens with one attached hydrogen (secondary N) is 1. The Kier molecular flexibility index (Phi) is 1.92. The summed E-state index contributed by atoms with van der Waals surface area (Å²) in [5.41, 5.74) is 0.960. The minimum Gasteiger partial charge on any atom is -0.335 e. The number of nitrogens with zero attached hydrogens (tertiary/aromatic N) is 1. The molecule has 4 heteroatoms. The molecular formula is C7H4AlIN2. The molecule has 0 saturated heterocycles. The molecule has 2 aromatic heterocycles. The van der Waals surface area contributed by atoms with E-state index in [4.69, 9.17) is 0 Å². The van der Waals surface area contributed by atoms with Crippen molar-refractivity contribution >= 4 is 54.3 Å². The second-order valence-corrected chi connectivity index (χ2v) is 4.06. The fourth-order valence-corrected chi connectivity index (χ4v) is 1.89. The number of aromatic amines is 1. The third-order valence-corrected chi connectivity index (χ3v) is 2.62. The summed E-state index contributed by atoms with van der Waals surface area (Å²) in [6.07, 6.45) is 1.80. The van der Waals surface area contributed by atoms with E-state index in [0.717, 1.165) is 9.35 Å². The van der Waals surface area contributed by atoms with Gasteiger partial charge in [-0.25, -0.2) is 4.98 Å². The smallest absolute Gasteiger partial charge is 0.176 e. The summed E-state index contributed by atoms with van der Waals surface area (Å²) in [7, 11) is 0. The average Bonchev–Trinajstić information content (AvgIpc) is 2.31. The predicted octanol–water partition coefficient (Wildman–Crippen LogP) is 0.961. The highest BCUT2D eigenvalue weighted by Gasteiger charge is 1.99. The van der Waals surface area contributed by atoms with Gasteiger partial charge in [-0.1, -0.05) is 6.07 Å². The largest absolute Gasteiger partial charge is 0.335 e. The van der Waals surface area contributed by atoms with Crippen molar-refractivity contribution in [2.45, 2.75) is 0 Å². The highest BCUT2D eigenvalue weighted by atomic mass is 127. The van der Waals surface area contributed by atoms with Gasteiger partial charge in [0.05, 0.1) is 3.70 Å². The average molecular weight is 270 g/mol. The van der Waals surface area contributed by atoms with Crippen molar-refractivity contribution in [3.05, 3.63) is 22.0 Å². The van der Waals surface area contributed by atoms with Crippen LogP contribution in [0.1, 0.15) is 0 Å². The standard InChI is InChI=1S/C7H4IN2.Al/c8-6-4-5-2-1-3-9-7(5)10-6;/h1,3-4H,(H,9,10);. The third kappa shape index (κ3) is 1.31. The van der Waals surface area contributed by atoms with Crippen LogP contribution in [0.5, 0.6) is 0 Å². The van der Waals surface area contributed by atoms with E-state index in [1.165, 1.54) is 9.81 Å². The zero-order valence-corrected chi connectivity index (χ0v) is 8.95. The quantitative estimate of drug-likeness (QED) is 0.560. The maximum Gasteiger partial charge on any atom is 0.176 e. The van der Waals surface area contributed by atoms with E-state index in [1.807, 2.05) is 6.07 Å². The van der Waals surface area contributed by atoms with Crippen molar-refractivity contribution in [2.24, 2.45) is 0 Å². The van der Waals surface area contributed by atoms with Crippen LogP contribution in [0, 0.1) is 3.70 Å².